The third-order valence-electron chi connectivity index (χ3n) is 5.68. The number of carbonyl (C=O) groups excluding carboxylic acids is 2. The van der Waals surface area contributed by atoms with Crippen molar-refractivity contribution in [3.05, 3.63) is 62.8 Å². The van der Waals surface area contributed by atoms with Gasteiger partial charge in [-0.05, 0) is 32.3 Å². The average molecular weight is 397 g/mol. The zero-order chi connectivity index (χ0) is 19.8. The lowest BCUT2D eigenvalue weighted by Gasteiger charge is -2.36. The van der Waals surface area contributed by atoms with Gasteiger partial charge in [0.1, 0.15) is 0 Å². The number of amides is 1. The molecule has 1 unspecified atom stereocenters. The fourth-order valence-electron chi connectivity index (χ4n) is 4.42. The number of aliphatic hydroxyl groups excluding tert-OH is 1. The molecule has 1 aliphatic heterocycles. The molecule has 6 heteroatoms. The summed E-state index contributed by atoms with van der Waals surface area (Å²) < 4.78 is 0. The zero-order valence-electron chi connectivity index (χ0n) is 16.1. The van der Waals surface area contributed by atoms with Crippen molar-refractivity contribution in [3.63, 3.8) is 0 Å². The molecule has 0 spiro atoms. The number of hydrogen-bond acceptors (Lipinski definition) is 5. The van der Waals surface area contributed by atoms with E-state index in [2.05, 4.69) is 4.98 Å². The first kappa shape index (κ1) is 18.9. The largest absolute Gasteiger partial charge is 0.503 e. The molecular weight excluding hydrogens is 372 g/mol. The molecule has 1 N–H and O–H groups in total. The summed E-state index contributed by atoms with van der Waals surface area (Å²) in [5.41, 5.74) is 1.68. The Balaban J connectivity index is 1.81. The molecule has 4 rings (SSSR count). The highest BCUT2D eigenvalue weighted by Gasteiger charge is 2.47. The normalized spacial score (nSPS) is 20.9. The molecule has 28 heavy (non-hydrogen) atoms. The summed E-state index contributed by atoms with van der Waals surface area (Å²) in [7, 11) is 0. The number of benzene rings is 1. The Labute approximate surface area is 168 Å². The number of thiazole rings is 1. The van der Waals surface area contributed by atoms with Crippen molar-refractivity contribution in [2.45, 2.75) is 58.0 Å². The van der Waals surface area contributed by atoms with Crippen LogP contribution in [0.5, 0.6) is 0 Å². The van der Waals surface area contributed by atoms with Gasteiger partial charge in [0, 0.05) is 6.04 Å². The Morgan fingerprint density at radius 3 is 2.43 bits per heavy atom. The molecule has 1 aromatic carbocycles. The van der Waals surface area contributed by atoms with Gasteiger partial charge >= 0.3 is 0 Å². The fraction of sp³-hybridized carbons (Fsp3) is 0.409. The molecule has 1 saturated carbocycles. The van der Waals surface area contributed by atoms with Crippen LogP contribution in [0.1, 0.15) is 64.1 Å². The van der Waals surface area contributed by atoms with E-state index in [1.54, 1.807) is 11.8 Å². The van der Waals surface area contributed by atoms with E-state index in [1.165, 1.54) is 17.8 Å². The summed E-state index contributed by atoms with van der Waals surface area (Å²) in [6.45, 7) is 3.65. The molecule has 0 bridgehead atoms. The molecule has 2 heterocycles. The molecule has 0 saturated heterocycles. The van der Waals surface area contributed by atoms with Crippen LogP contribution >= 0.6 is 11.3 Å². The van der Waals surface area contributed by atoms with Gasteiger partial charge in [-0.15, -0.1) is 11.3 Å². The van der Waals surface area contributed by atoms with Crippen molar-refractivity contribution in [1.29, 1.82) is 0 Å². The first-order valence-corrected chi connectivity index (χ1v) is 10.6. The summed E-state index contributed by atoms with van der Waals surface area (Å²) in [5.74, 6) is -1.13. The van der Waals surface area contributed by atoms with Gasteiger partial charge in [0.05, 0.1) is 27.2 Å². The second-order valence-corrected chi connectivity index (χ2v) is 8.76. The molecule has 146 valence electrons. The number of nitrogens with zero attached hydrogens (tertiary/aromatic N) is 2. The minimum atomic E-state index is -0.550. The van der Waals surface area contributed by atoms with Crippen LogP contribution in [-0.2, 0) is 4.79 Å². The number of hydrogen-bond donors (Lipinski definition) is 1. The van der Waals surface area contributed by atoms with Crippen molar-refractivity contribution < 1.29 is 14.7 Å². The van der Waals surface area contributed by atoms with Crippen LogP contribution in [0, 0.1) is 13.8 Å². The van der Waals surface area contributed by atoms with Crippen LogP contribution in [0.2, 0.25) is 0 Å². The zero-order valence-corrected chi connectivity index (χ0v) is 17.0. The third kappa shape index (κ3) is 3.15. The van der Waals surface area contributed by atoms with Crippen LogP contribution in [-0.4, -0.2) is 32.7 Å². The van der Waals surface area contributed by atoms with Crippen LogP contribution in [0.4, 0.5) is 0 Å². The van der Waals surface area contributed by atoms with E-state index < -0.39 is 17.7 Å². The highest BCUT2D eigenvalue weighted by atomic mass is 32.1. The molecule has 0 radical (unpaired) electrons. The Kier molecular flexibility index (Phi) is 5.06. The summed E-state index contributed by atoms with van der Waals surface area (Å²) in [4.78, 5) is 33.1. The summed E-state index contributed by atoms with van der Waals surface area (Å²) in [6.07, 6.45) is 5.10. The van der Waals surface area contributed by atoms with Crippen molar-refractivity contribution in [3.8, 4) is 0 Å². The van der Waals surface area contributed by atoms with Crippen LogP contribution in [0.3, 0.4) is 0 Å². The molecule has 5 nitrogen and oxygen atoms in total. The van der Waals surface area contributed by atoms with Gasteiger partial charge in [-0.2, -0.15) is 0 Å². The van der Waals surface area contributed by atoms with Crippen molar-refractivity contribution in [2.24, 2.45) is 0 Å². The predicted octanol–water partition coefficient (Wildman–Crippen LogP) is 4.67. The maximum Gasteiger partial charge on any atom is 0.290 e. The molecule has 1 atom stereocenters. The molecule has 1 amide bonds. The third-order valence-corrected chi connectivity index (χ3v) is 6.75. The first-order chi connectivity index (χ1) is 13.5. The van der Waals surface area contributed by atoms with Crippen molar-refractivity contribution >= 4 is 23.0 Å². The number of Topliss-reactive ketones (excluding diaryl/α,β-unsaturated/α-hetero) is 1. The molecule has 1 aromatic heterocycles. The average Bonchev–Trinajstić information content (AvgIpc) is 3.18. The van der Waals surface area contributed by atoms with E-state index >= 15 is 0 Å². The Morgan fingerprint density at radius 1 is 1.14 bits per heavy atom. The number of carbonyl (C=O) groups is 2. The molecule has 2 aromatic rings. The van der Waals surface area contributed by atoms with Crippen molar-refractivity contribution in [2.75, 3.05) is 0 Å². The standard InChI is InChI=1S/C22H24N2O3S/c1-13-21(28-14(2)23-13)19(25)17-18(15-9-5-3-6-10-15)24(22(27)20(17)26)16-11-7-4-8-12-16/h3,5-6,9-10,16,18,26H,4,7-8,11-12H2,1-2H3. The Morgan fingerprint density at radius 2 is 1.82 bits per heavy atom. The van der Waals surface area contributed by atoms with E-state index in [1.807, 2.05) is 37.3 Å². The summed E-state index contributed by atoms with van der Waals surface area (Å²) in [5, 5.41) is 11.6. The van der Waals surface area contributed by atoms with E-state index in [4.69, 9.17) is 0 Å². The van der Waals surface area contributed by atoms with Gasteiger partial charge in [-0.3, -0.25) is 9.59 Å². The van der Waals surface area contributed by atoms with Crippen LogP contribution in [0.15, 0.2) is 41.7 Å². The van der Waals surface area contributed by atoms with Crippen molar-refractivity contribution in [1.82, 2.24) is 9.88 Å². The second-order valence-electron chi connectivity index (χ2n) is 7.56. The number of aromatic nitrogens is 1. The van der Waals surface area contributed by atoms with E-state index in [-0.39, 0.29) is 17.4 Å². The van der Waals surface area contributed by atoms with Gasteiger partial charge < -0.3 is 10.0 Å². The molecule has 1 fully saturated rings. The second kappa shape index (κ2) is 7.51. The SMILES string of the molecule is Cc1nc(C)c(C(=O)C2=C(O)C(=O)N(C3CCCCC3)C2c2ccccc2)s1. The smallest absolute Gasteiger partial charge is 0.290 e. The summed E-state index contributed by atoms with van der Waals surface area (Å²) >= 11 is 1.31. The lowest BCUT2D eigenvalue weighted by molar-refractivity contribution is -0.132. The topological polar surface area (TPSA) is 70.5 Å². The number of aryl methyl sites for hydroxylation is 2. The lowest BCUT2D eigenvalue weighted by Crippen LogP contribution is -2.41. The van der Waals surface area contributed by atoms with Gasteiger partial charge in [-0.1, -0.05) is 49.6 Å². The van der Waals surface area contributed by atoms with E-state index in [0.717, 1.165) is 36.3 Å². The monoisotopic (exact) mass is 396 g/mol. The summed E-state index contributed by atoms with van der Waals surface area (Å²) in [6, 6.07) is 9.05. The molecular formula is C22H24N2O3S. The minimum Gasteiger partial charge on any atom is -0.503 e. The van der Waals surface area contributed by atoms with Gasteiger partial charge in [0.25, 0.3) is 5.91 Å². The quantitative estimate of drug-likeness (QED) is 0.763. The molecule has 2 aliphatic rings. The lowest BCUT2D eigenvalue weighted by atomic mass is 9.90. The predicted molar refractivity (Wildman–Crippen MR) is 108 cm³/mol. The highest BCUT2D eigenvalue weighted by Crippen LogP contribution is 2.43. The maximum atomic E-state index is 13.4. The van der Waals surface area contributed by atoms with Gasteiger partial charge in [-0.25, -0.2) is 4.98 Å². The Hall–Kier alpha value is -2.47. The first-order valence-electron chi connectivity index (χ1n) is 9.78. The fourth-order valence-corrected chi connectivity index (χ4v) is 5.29. The minimum absolute atomic E-state index is 0.0446. The Bertz CT molecular complexity index is 942. The number of aliphatic hydroxyl groups is 1. The van der Waals surface area contributed by atoms with Gasteiger partial charge in [0.15, 0.2) is 5.76 Å². The maximum absolute atomic E-state index is 13.4. The van der Waals surface area contributed by atoms with Gasteiger partial charge in [0.2, 0.25) is 5.78 Å². The van der Waals surface area contributed by atoms with Crippen LogP contribution in [0.25, 0.3) is 0 Å². The number of rotatable bonds is 4. The van der Waals surface area contributed by atoms with E-state index in [9.17, 15) is 14.7 Å². The highest BCUT2D eigenvalue weighted by molar-refractivity contribution is 7.14. The van der Waals surface area contributed by atoms with Crippen LogP contribution < -0.4 is 0 Å². The van der Waals surface area contributed by atoms with E-state index in [0.29, 0.717) is 10.6 Å². The number of ketones is 1. The molecule has 1 aliphatic carbocycles.